The highest BCUT2D eigenvalue weighted by molar-refractivity contribution is 7.78. The number of carbonyl (C=O) groups is 1. The van der Waals surface area contributed by atoms with Crippen molar-refractivity contribution in [2.24, 2.45) is 0 Å². The Morgan fingerprint density at radius 3 is 2.65 bits per heavy atom. The number of hydrogen-bond acceptors (Lipinski definition) is 6. The van der Waals surface area contributed by atoms with Gasteiger partial charge in [0.1, 0.15) is 5.82 Å². The zero-order valence-corrected chi connectivity index (χ0v) is 13.5. The second kappa shape index (κ2) is 8.50. The Balaban J connectivity index is 2.06. The van der Waals surface area contributed by atoms with Gasteiger partial charge in [-0.1, -0.05) is 24.3 Å². The van der Waals surface area contributed by atoms with Gasteiger partial charge < -0.3 is 9.29 Å². The fourth-order valence-electron chi connectivity index (χ4n) is 2.22. The van der Waals surface area contributed by atoms with Gasteiger partial charge in [0.2, 0.25) is 0 Å². The normalized spacial score (nSPS) is 11.9. The highest BCUT2D eigenvalue weighted by atomic mass is 32.2. The molecule has 0 radical (unpaired) electrons. The fraction of sp³-hybridized carbons (Fsp3) is 0.312. The molecule has 2 aromatic rings. The van der Waals surface area contributed by atoms with Crippen LogP contribution in [0.15, 0.2) is 36.5 Å². The average Bonchev–Trinajstić information content (AvgIpc) is 2.53. The summed E-state index contributed by atoms with van der Waals surface area (Å²) in [5, 5.41) is 0. The van der Waals surface area contributed by atoms with Gasteiger partial charge >= 0.3 is 5.97 Å². The Kier molecular flexibility index (Phi) is 6.37. The van der Waals surface area contributed by atoms with Gasteiger partial charge in [-0.2, -0.15) is 0 Å². The molecule has 0 aliphatic rings. The minimum Gasteiger partial charge on any atom is -0.772 e. The topological polar surface area (TPSA) is 92.2 Å². The molecule has 0 saturated heterocycles. The Morgan fingerprint density at radius 1 is 1.22 bits per heavy atom. The van der Waals surface area contributed by atoms with Crippen molar-refractivity contribution < 1.29 is 18.3 Å². The number of rotatable bonds is 7. The summed E-state index contributed by atoms with van der Waals surface area (Å²) in [4.78, 5) is 19.6. The van der Waals surface area contributed by atoms with E-state index in [2.05, 4.69) is 9.97 Å². The molecule has 0 fully saturated rings. The van der Waals surface area contributed by atoms with E-state index in [1.807, 2.05) is 24.3 Å². The first-order chi connectivity index (χ1) is 11.1. The van der Waals surface area contributed by atoms with Gasteiger partial charge in [0.15, 0.2) is 0 Å². The van der Waals surface area contributed by atoms with Gasteiger partial charge in [-0.25, -0.2) is 9.97 Å². The lowest BCUT2D eigenvalue weighted by Gasteiger charge is -2.09. The number of ether oxygens (including phenoxy) is 1. The summed E-state index contributed by atoms with van der Waals surface area (Å²) in [6.45, 7) is 0. The number of esters is 1. The van der Waals surface area contributed by atoms with E-state index in [9.17, 15) is 13.6 Å². The van der Waals surface area contributed by atoms with E-state index in [1.165, 1.54) is 7.11 Å². The van der Waals surface area contributed by atoms with E-state index in [4.69, 9.17) is 4.74 Å². The molecule has 0 amide bonds. The maximum absolute atomic E-state index is 11.5. The van der Waals surface area contributed by atoms with E-state index in [-0.39, 0.29) is 18.1 Å². The second-order valence-electron chi connectivity index (χ2n) is 4.93. The predicted octanol–water partition coefficient (Wildman–Crippen LogP) is 1.36. The van der Waals surface area contributed by atoms with Crippen LogP contribution in [0.25, 0.3) is 0 Å². The summed E-state index contributed by atoms with van der Waals surface area (Å²) in [5.74, 6) is -0.175. The molecule has 0 aliphatic carbocycles. The molecule has 0 bridgehead atoms. The standard InChI is InChI=1S/C16H18N2O4S/c1-22-16(19)10-13-5-3-2-4-12(13)6-7-14-8-9-17-15(18-14)11-23(20)21/h2-5,8-9H,6-7,10-11H2,1H3,(H,20,21)/p-1. The Bertz CT molecular complexity index is 706. The minimum absolute atomic E-state index is 0.188. The third kappa shape index (κ3) is 5.54. The number of carbonyl (C=O) groups excluding carboxylic acids is 1. The van der Waals surface area contributed by atoms with Crippen molar-refractivity contribution in [2.75, 3.05) is 7.11 Å². The summed E-state index contributed by atoms with van der Waals surface area (Å²) in [6, 6.07) is 9.43. The van der Waals surface area contributed by atoms with Crippen LogP contribution in [0.5, 0.6) is 0 Å². The summed E-state index contributed by atoms with van der Waals surface area (Å²) < 4.78 is 26.1. The van der Waals surface area contributed by atoms with Crippen LogP contribution in [0.2, 0.25) is 0 Å². The van der Waals surface area contributed by atoms with Crippen molar-refractivity contribution >= 4 is 17.0 Å². The molecule has 0 N–H and O–H groups in total. The monoisotopic (exact) mass is 333 g/mol. The van der Waals surface area contributed by atoms with Crippen molar-refractivity contribution in [3.05, 3.63) is 59.2 Å². The van der Waals surface area contributed by atoms with Crippen molar-refractivity contribution in [3.8, 4) is 0 Å². The van der Waals surface area contributed by atoms with Gasteiger partial charge in [-0.3, -0.25) is 9.00 Å². The molecule has 0 spiro atoms. The van der Waals surface area contributed by atoms with Crippen LogP contribution in [0.3, 0.4) is 0 Å². The number of nitrogens with zero attached hydrogens (tertiary/aromatic N) is 2. The van der Waals surface area contributed by atoms with Gasteiger partial charge in [0, 0.05) is 11.9 Å². The van der Waals surface area contributed by atoms with E-state index < -0.39 is 11.1 Å². The first-order valence-corrected chi connectivity index (χ1v) is 8.33. The van der Waals surface area contributed by atoms with Crippen molar-refractivity contribution in [2.45, 2.75) is 25.0 Å². The van der Waals surface area contributed by atoms with E-state index >= 15 is 0 Å². The molecule has 1 aromatic carbocycles. The molecule has 2 rings (SSSR count). The molecule has 0 saturated carbocycles. The molecular weight excluding hydrogens is 316 g/mol. The molecule has 1 unspecified atom stereocenters. The lowest BCUT2D eigenvalue weighted by Crippen LogP contribution is -2.08. The number of aromatic nitrogens is 2. The van der Waals surface area contributed by atoms with Gasteiger partial charge in [0.05, 0.1) is 19.3 Å². The summed E-state index contributed by atoms with van der Waals surface area (Å²) in [5.41, 5.74) is 2.74. The van der Waals surface area contributed by atoms with Crippen molar-refractivity contribution in [1.82, 2.24) is 9.97 Å². The van der Waals surface area contributed by atoms with Crippen LogP contribution < -0.4 is 0 Å². The Hall–Kier alpha value is -2.12. The maximum atomic E-state index is 11.5. The van der Waals surface area contributed by atoms with Crippen LogP contribution in [0.4, 0.5) is 0 Å². The third-order valence-corrected chi connectivity index (χ3v) is 3.84. The van der Waals surface area contributed by atoms with Gasteiger partial charge in [0.25, 0.3) is 0 Å². The van der Waals surface area contributed by atoms with Crippen LogP contribution in [0.1, 0.15) is 22.6 Å². The zero-order chi connectivity index (χ0) is 16.7. The van der Waals surface area contributed by atoms with Crippen LogP contribution >= 0.6 is 0 Å². The predicted molar refractivity (Wildman–Crippen MR) is 84.2 cm³/mol. The lowest BCUT2D eigenvalue weighted by molar-refractivity contribution is -0.139. The zero-order valence-electron chi connectivity index (χ0n) is 12.7. The van der Waals surface area contributed by atoms with Crippen LogP contribution in [0, 0.1) is 0 Å². The quantitative estimate of drug-likeness (QED) is 0.561. The molecular formula is C16H17N2O4S-. The molecule has 6 nitrogen and oxygen atoms in total. The highest BCUT2D eigenvalue weighted by Gasteiger charge is 2.08. The molecule has 23 heavy (non-hydrogen) atoms. The van der Waals surface area contributed by atoms with Crippen molar-refractivity contribution in [3.63, 3.8) is 0 Å². The van der Waals surface area contributed by atoms with E-state index in [1.54, 1.807) is 12.3 Å². The number of aryl methyl sites for hydroxylation is 2. The minimum atomic E-state index is -2.20. The summed E-state index contributed by atoms with van der Waals surface area (Å²) >= 11 is -2.20. The summed E-state index contributed by atoms with van der Waals surface area (Å²) in [7, 11) is 1.37. The van der Waals surface area contributed by atoms with Crippen molar-refractivity contribution in [1.29, 1.82) is 0 Å². The smallest absolute Gasteiger partial charge is 0.309 e. The first-order valence-electron chi connectivity index (χ1n) is 7.08. The molecule has 1 atom stereocenters. The second-order valence-corrected chi connectivity index (χ2v) is 5.83. The highest BCUT2D eigenvalue weighted by Crippen LogP contribution is 2.13. The molecule has 122 valence electrons. The van der Waals surface area contributed by atoms with Gasteiger partial charge in [-0.05, 0) is 41.1 Å². The molecule has 1 heterocycles. The van der Waals surface area contributed by atoms with Crippen LogP contribution in [-0.4, -0.2) is 31.8 Å². The molecule has 1 aromatic heterocycles. The maximum Gasteiger partial charge on any atom is 0.309 e. The summed E-state index contributed by atoms with van der Waals surface area (Å²) in [6.07, 6.45) is 3.13. The molecule has 0 aliphatic heterocycles. The van der Waals surface area contributed by atoms with Crippen LogP contribution in [-0.2, 0) is 45.6 Å². The number of methoxy groups -OCH3 is 1. The fourth-order valence-corrected chi connectivity index (χ4v) is 2.57. The Labute approximate surface area is 137 Å². The number of benzene rings is 1. The van der Waals surface area contributed by atoms with E-state index in [0.717, 1.165) is 16.8 Å². The van der Waals surface area contributed by atoms with E-state index in [0.29, 0.717) is 18.7 Å². The SMILES string of the molecule is COC(=O)Cc1ccccc1CCc1ccnc(CS(=O)[O-])n1. The number of hydrogen-bond donors (Lipinski definition) is 0. The third-order valence-electron chi connectivity index (χ3n) is 3.34. The molecule has 7 heteroatoms. The Morgan fingerprint density at radius 2 is 1.96 bits per heavy atom. The lowest BCUT2D eigenvalue weighted by atomic mass is 9.99. The van der Waals surface area contributed by atoms with Gasteiger partial charge in [-0.15, -0.1) is 0 Å². The largest absolute Gasteiger partial charge is 0.772 e. The first kappa shape index (κ1) is 17.2. The average molecular weight is 333 g/mol.